The van der Waals surface area contributed by atoms with Crippen molar-refractivity contribution in [3.05, 3.63) is 0 Å². The SMILES string of the molecule is CCCNCC1(CN2CCC(COC)C2)CCCC1. The summed E-state index contributed by atoms with van der Waals surface area (Å²) in [6, 6.07) is 0. The highest BCUT2D eigenvalue weighted by Crippen LogP contribution is 2.39. The number of methoxy groups -OCH3 is 1. The molecule has 2 aliphatic rings. The Kier molecular flexibility index (Phi) is 6.11. The lowest BCUT2D eigenvalue weighted by atomic mass is 9.85. The lowest BCUT2D eigenvalue weighted by Gasteiger charge is -2.34. The maximum atomic E-state index is 5.31. The summed E-state index contributed by atoms with van der Waals surface area (Å²) in [6.45, 7) is 9.44. The molecule has 3 nitrogen and oxygen atoms in total. The van der Waals surface area contributed by atoms with Crippen molar-refractivity contribution in [2.45, 2.75) is 45.4 Å². The molecule has 1 saturated carbocycles. The van der Waals surface area contributed by atoms with E-state index in [-0.39, 0.29) is 0 Å². The Bertz CT molecular complexity index is 251. The molecule has 0 radical (unpaired) electrons. The monoisotopic (exact) mass is 268 g/mol. The van der Waals surface area contributed by atoms with Crippen LogP contribution in [0.15, 0.2) is 0 Å². The third kappa shape index (κ3) is 4.44. The van der Waals surface area contributed by atoms with Gasteiger partial charge < -0.3 is 15.0 Å². The predicted molar refractivity (Wildman–Crippen MR) is 80.5 cm³/mol. The van der Waals surface area contributed by atoms with E-state index in [9.17, 15) is 0 Å². The highest BCUT2D eigenvalue weighted by atomic mass is 16.5. The Morgan fingerprint density at radius 1 is 1.32 bits per heavy atom. The van der Waals surface area contributed by atoms with E-state index in [0.29, 0.717) is 5.41 Å². The van der Waals surface area contributed by atoms with Crippen molar-refractivity contribution in [2.75, 3.05) is 46.4 Å². The van der Waals surface area contributed by atoms with Crippen molar-refractivity contribution in [2.24, 2.45) is 11.3 Å². The van der Waals surface area contributed by atoms with Gasteiger partial charge in [0.1, 0.15) is 0 Å². The van der Waals surface area contributed by atoms with Crippen LogP contribution in [0.5, 0.6) is 0 Å². The number of nitrogens with zero attached hydrogens (tertiary/aromatic N) is 1. The van der Waals surface area contributed by atoms with Gasteiger partial charge in [-0.05, 0) is 50.1 Å². The van der Waals surface area contributed by atoms with Crippen LogP contribution < -0.4 is 5.32 Å². The molecule has 0 spiro atoms. The van der Waals surface area contributed by atoms with E-state index < -0.39 is 0 Å². The van der Waals surface area contributed by atoms with Crippen LogP contribution in [-0.2, 0) is 4.74 Å². The average molecular weight is 268 g/mol. The van der Waals surface area contributed by atoms with E-state index in [1.165, 1.54) is 71.2 Å². The fraction of sp³-hybridized carbons (Fsp3) is 1.00. The molecule has 1 N–H and O–H groups in total. The van der Waals surface area contributed by atoms with Crippen LogP contribution in [0, 0.1) is 11.3 Å². The molecule has 112 valence electrons. The van der Waals surface area contributed by atoms with Crippen molar-refractivity contribution in [1.82, 2.24) is 10.2 Å². The summed E-state index contributed by atoms with van der Waals surface area (Å²) in [7, 11) is 1.83. The molecule has 0 aromatic rings. The lowest BCUT2D eigenvalue weighted by Crippen LogP contribution is -2.42. The van der Waals surface area contributed by atoms with Gasteiger partial charge in [0.15, 0.2) is 0 Å². The first-order chi connectivity index (χ1) is 9.28. The Morgan fingerprint density at radius 3 is 2.79 bits per heavy atom. The van der Waals surface area contributed by atoms with Gasteiger partial charge in [0, 0.05) is 26.7 Å². The van der Waals surface area contributed by atoms with Gasteiger partial charge in [0.25, 0.3) is 0 Å². The fourth-order valence-electron chi connectivity index (χ4n) is 3.95. The predicted octanol–water partition coefficient (Wildman–Crippen LogP) is 2.51. The second kappa shape index (κ2) is 7.61. The van der Waals surface area contributed by atoms with Crippen molar-refractivity contribution in [3.8, 4) is 0 Å². The average Bonchev–Trinajstić information content (AvgIpc) is 3.01. The van der Waals surface area contributed by atoms with E-state index >= 15 is 0 Å². The molecule has 1 atom stereocenters. The minimum atomic E-state index is 0.567. The molecule has 0 bridgehead atoms. The van der Waals surface area contributed by atoms with Crippen LogP contribution in [0.2, 0.25) is 0 Å². The summed E-state index contributed by atoms with van der Waals surface area (Å²) in [6.07, 6.45) is 8.29. The van der Waals surface area contributed by atoms with Crippen molar-refractivity contribution >= 4 is 0 Å². The Balaban J connectivity index is 1.80. The van der Waals surface area contributed by atoms with E-state index in [1.807, 2.05) is 7.11 Å². The molecule has 2 fully saturated rings. The third-order valence-electron chi connectivity index (χ3n) is 4.92. The minimum Gasteiger partial charge on any atom is -0.384 e. The summed E-state index contributed by atoms with van der Waals surface area (Å²) in [4.78, 5) is 2.70. The van der Waals surface area contributed by atoms with Gasteiger partial charge in [-0.15, -0.1) is 0 Å². The topological polar surface area (TPSA) is 24.5 Å². The summed E-state index contributed by atoms with van der Waals surface area (Å²) in [5.74, 6) is 0.770. The number of likely N-dealkylation sites (tertiary alicyclic amines) is 1. The highest BCUT2D eigenvalue weighted by molar-refractivity contribution is 4.91. The molecule has 1 saturated heterocycles. The number of rotatable bonds is 8. The first kappa shape index (κ1) is 15.3. The zero-order chi connectivity index (χ0) is 13.6. The Hall–Kier alpha value is -0.120. The number of nitrogens with one attached hydrogen (secondary N) is 1. The molecular weight excluding hydrogens is 236 g/mol. The molecule has 0 aromatic carbocycles. The van der Waals surface area contributed by atoms with Crippen LogP contribution >= 0.6 is 0 Å². The standard InChI is InChI=1S/C16H32N2O/c1-3-9-17-13-16(7-4-5-8-16)14-18-10-6-15(11-18)12-19-2/h15,17H,3-14H2,1-2H3. The summed E-state index contributed by atoms with van der Waals surface area (Å²) < 4.78 is 5.31. The van der Waals surface area contributed by atoms with Gasteiger partial charge in [0.05, 0.1) is 6.61 Å². The molecule has 2 rings (SSSR count). The minimum absolute atomic E-state index is 0.567. The third-order valence-corrected chi connectivity index (χ3v) is 4.92. The normalized spacial score (nSPS) is 27.2. The van der Waals surface area contributed by atoms with Gasteiger partial charge in [-0.3, -0.25) is 0 Å². The first-order valence-electron chi connectivity index (χ1n) is 8.20. The summed E-state index contributed by atoms with van der Waals surface area (Å²) in [5, 5.41) is 3.68. The molecule has 3 heteroatoms. The Labute approximate surface area is 119 Å². The van der Waals surface area contributed by atoms with Gasteiger partial charge in [0.2, 0.25) is 0 Å². The molecule has 19 heavy (non-hydrogen) atoms. The summed E-state index contributed by atoms with van der Waals surface area (Å²) >= 11 is 0. The molecule has 1 unspecified atom stereocenters. The summed E-state index contributed by atoms with van der Waals surface area (Å²) in [5.41, 5.74) is 0.567. The van der Waals surface area contributed by atoms with Gasteiger partial charge in [-0.2, -0.15) is 0 Å². The van der Waals surface area contributed by atoms with Gasteiger partial charge in [-0.25, -0.2) is 0 Å². The van der Waals surface area contributed by atoms with Gasteiger partial charge in [-0.1, -0.05) is 19.8 Å². The zero-order valence-electron chi connectivity index (χ0n) is 12.9. The van der Waals surface area contributed by atoms with Crippen molar-refractivity contribution < 1.29 is 4.74 Å². The quantitative estimate of drug-likeness (QED) is 0.685. The van der Waals surface area contributed by atoms with Crippen LogP contribution in [0.3, 0.4) is 0 Å². The molecule has 1 heterocycles. The second-order valence-corrected chi connectivity index (χ2v) is 6.73. The number of hydrogen-bond donors (Lipinski definition) is 1. The van der Waals surface area contributed by atoms with Crippen molar-refractivity contribution in [3.63, 3.8) is 0 Å². The highest BCUT2D eigenvalue weighted by Gasteiger charge is 2.36. The number of hydrogen-bond acceptors (Lipinski definition) is 3. The largest absolute Gasteiger partial charge is 0.384 e. The first-order valence-corrected chi connectivity index (χ1v) is 8.20. The zero-order valence-corrected chi connectivity index (χ0v) is 12.9. The fourth-order valence-corrected chi connectivity index (χ4v) is 3.95. The molecule has 0 aromatic heterocycles. The van der Waals surface area contributed by atoms with Crippen LogP contribution in [0.1, 0.15) is 45.4 Å². The molecular formula is C16H32N2O. The van der Waals surface area contributed by atoms with E-state index in [1.54, 1.807) is 0 Å². The number of ether oxygens (including phenoxy) is 1. The van der Waals surface area contributed by atoms with E-state index in [0.717, 1.165) is 12.5 Å². The molecule has 1 aliphatic heterocycles. The molecule has 0 amide bonds. The van der Waals surface area contributed by atoms with E-state index in [4.69, 9.17) is 4.74 Å². The van der Waals surface area contributed by atoms with Crippen LogP contribution in [0.25, 0.3) is 0 Å². The van der Waals surface area contributed by atoms with Crippen molar-refractivity contribution in [1.29, 1.82) is 0 Å². The maximum Gasteiger partial charge on any atom is 0.0503 e. The lowest BCUT2D eigenvalue weighted by molar-refractivity contribution is 0.137. The smallest absolute Gasteiger partial charge is 0.0503 e. The van der Waals surface area contributed by atoms with Crippen LogP contribution in [-0.4, -0.2) is 51.3 Å². The van der Waals surface area contributed by atoms with Gasteiger partial charge >= 0.3 is 0 Å². The second-order valence-electron chi connectivity index (χ2n) is 6.73. The Morgan fingerprint density at radius 2 is 2.11 bits per heavy atom. The van der Waals surface area contributed by atoms with E-state index in [2.05, 4.69) is 17.1 Å². The maximum absolute atomic E-state index is 5.31. The molecule has 1 aliphatic carbocycles. The van der Waals surface area contributed by atoms with Crippen LogP contribution in [0.4, 0.5) is 0 Å².